The number of hydrogen-bond acceptors (Lipinski definition) is 6. The summed E-state index contributed by atoms with van der Waals surface area (Å²) in [5, 5.41) is 6.57. The molecule has 9 heteroatoms. The number of aryl methyl sites for hydroxylation is 1. The Bertz CT molecular complexity index is 867. The topological polar surface area (TPSA) is 82.6 Å². The molecule has 0 spiro atoms. The van der Waals surface area contributed by atoms with E-state index in [-0.39, 0.29) is 24.0 Å². The third kappa shape index (κ3) is 8.38. The average Bonchev–Trinajstić information content (AvgIpc) is 2.81. The number of nitrogens with one attached hydrogen (secondary N) is 2. The Morgan fingerprint density at radius 3 is 2.06 bits per heavy atom. The highest BCUT2D eigenvalue weighted by Crippen LogP contribution is 2.39. The van der Waals surface area contributed by atoms with Gasteiger partial charge in [0.25, 0.3) is 0 Å². The first-order chi connectivity index (χ1) is 15.6. The first kappa shape index (κ1) is 28.5. The summed E-state index contributed by atoms with van der Waals surface area (Å²) in [6.07, 6.45) is 1.78. The number of methoxy groups -OCH3 is 4. The molecule has 0 fully saturated rings. The molecule has 2 N–H and O–H groups in total. The van der Waals surface area contributed by atoms with Gasteiger partial charge in [-0.05, 0) is 44.4 Å². The molecule has 0 radical (unpaired) electrons. The van der Waals surface area contributed by atoms with Crippen molar-refractivity contribution in [3.05, 3.63) is 35.9 Å². The second-order valence-electron chi connectivity index (χ2n) is 6.82. The third-order valence-corrected chi connectivity index (χ3v) is 4.69. The fourth-order valence-electron chi connectivity index (χ4n) is 3.22. The van der Waals surface area contributed by atoms with E-state index in [1.165, 1.54) is 5.56 Å². The zero-order valence-electron chi connectivity index (χ0n) is 20.3. The van der Waals surface area contributed by atoms with Crippen LogP contribution in [0.25, 0.3) is 0 Å². The van der Waals surface area contributed by atoms with Crippen LogP contribution in [0.15, 0.2) is 35.3 Å². The van der Waals surface area contributed by atoms with Crippen LogP contribution in [0.2, 0.25) is 0 Å². The fraction of sp³-hybridized carbons (Fsp3) is 0.458. The van der Waals surface area contributed by atoms with Gasteiger partial charge >= 0.3 is 0 Å². The number of hydrogen-bond donors (Lipinski definition) is 2. The van der Waals surface area contributed by atoms with Gasteiger partial charge in [-0.1, -0.05) is 6.07 Å². The summed E-state index contributed by atoms with van der Waals surface area (Å²) in [7, 11) is 6.42. The lowest BCUT2D eigenvalue weighted by Gasteiger charge is -2.16. The van der Waals surface area contributed by atoms with E-state index in [9.17, 15) is 0 Å². The molecule has 0 heterocycles. The summed E-state index contributed by atoms with van der Waals surface area (Å²) in [4.78, 5) is 4.70. The van der Waals surface area contributed by atoms with Gasteiger partial charge in [-0.25, -0.2) is 0 Å². The molecule has 0 aliphatic rings. The van der Waals surface area contributed by atoms with Gasteiger partial charge in [0.2, 0.25) is 5.75 Å². The van der Waals surface area contributed by atoms with Crippen LogP contribution in [0.3, 0.4) is 0 Å². The van der Waals surface area contributed by atoms with Crippen molar-refractivity contribution < 1.29 is 23.7 Å². The van der Waals surface area contributed by atoms with Crippen molar-refractivity contribution in [1.82, 2.24) is 5.32 Å². The predicted octanol–water partition coefficient (Wildman–Crippen LogP) is 4.75. The van der Waals surface area contributed by atoms with Gasteiger partial charge < -0.3 is 34.3 Å². The highest BCUT2D eigenvalue weighted by molar-refractivity contribution is 14.0. The minimum atomic E-state index is 0. The van der Waals surface area contributed by atoms with Crippen molar-refractivity contribution in [3.8, 4) is 28.7 Å². The van der Waals surface area contributed by atoms with Crippen LogP contribution in [-0.2, 0) is 6.42 Å². The molecule has 184 valence electrons. The van der Waals surface area contributed by atoms with Crippen LogP contribution >= 0.6 is 24.0 Å². The first-order valence-electron chi connectivity index (χ1n) is 10.7. The van der Waals surface area contributed by atoms with Crippen molar-refractivity contribution in [2.75, 3.05) is 53.5 Å². The number of anilines is 1. The maximum atomic E-state index is 5.66. The van der Waals surface area contributed by atoms with Crippen molar-refractivity contribution in [3.63, 3.8) is 0 Å². The maximum absolute atomic E-state index is 5.66. The van der Waals surface area contributed by atoms with Crippen LogP contribution < -0.4 is 34.3 Å². The Kier molecular flexibility index (Phi) is 13.2. The molecule has 0 aromatic heterocycles. The number of halogens is 1. The third-order valence-electron chi connectivity index (χ3n) is 4.69. The molecule has 0 saturated carbocycles. The van der Waals surface area contributed by atoms with Crippen molar-refractivity contribution in [1.29, 1.82) is 0 Å². The van der Waals surface area contributed by atoms with Crippen LogP contribution in [-0.4, -0.2) is 54.1 Å². The van der Waals surface area contributed by atoms with Gasteiger partial charge in [0.1, 0.15) is 0 Å². The van der Waals surface area contributed by atoms with Gasteiger partial charge in [0, 0.05) is 30.9 Å². The normalized spacial score (nSPS) is 10.7. The van der Waals surface area contributed by atoms with Crippen LogP contribution in [0.5, 0.6) is 28.7 Å². The van der Waals surface area contributed by atoms with E-state index in [1.807, 2.05) is 38.1 Å². The monoisotopic (exact) mass is 573 g/mol. The number of aliphatic imine (C=N–C) groups is 1. The minimum Gasteiger partial charge on any atom is -0.493 e. The fourth-order valence-corrected chi connectivity index (χ4v) is 3.22. The van der Waals surface area contributed by atoms with E-state index in [0.29, 0.717) is 36.4 Å². The quantitative estimate of drug-likeness (QED) is 0.164. The molecule has 0 unspecified atom stereocenters. The van der Waals surface area contributed by atoms with Gasteiger partial charge in [0.15, 0.2) is 29.0 Å². The average molecular weight is 573 g/mol. The predicted molar refractivity (Wildman–Crippen MR) is 144 cm³/mol. The Hall–Kier alpha value is -2.56. The van der Waals surface area contributed by atoms with E-state index in [0.717, 1.165) is 36.6 Å². The Morgan fingerprint density at radius 2 is 1.52 bits per heavy atom. The van der Waals surface area contributed by atoms with E-state index in [1.54, 1.807) is 28.4 Å². The summed E-state index contributed by atoms with van der Waals surface area (Å²) >= 11 is 0. The molecule has 0 saturated heterocycles. The smallest absolute Gasteiger partial charge is 0.203 e. The number of nitrogens with zero attached hydrogens (tertiary/aromatic N) is 1. The summed E-state index contributed by atoms with van der Waals surface area (Å²) in [6, 6.07) is 9.73. The highest BCUT2D eigenvalue weighted by Gasteiger charge is 2.14. The largest absolute Gasteiger partial charge is 0.493 e. The molecule has 2 aromatic carbocycles. The SMILES string of the molecule is CCNC(=NCCCc1ccc(OC)c(OCC)c1)Nc1cc(OC)c(OC)c(OC)c1.I. The lowest BCUT2D eigenvalue weighted by atomic mass is 10.1. The molecule has 0 bridgehead atoms. The molecular weight excluding hydrogens is 537 g/mol. The van der Waals surface area contributed by atoms with Crippen molar-refractivity contribution >= 4 is 35.6 Å². The highest BCUT2D eigenvalue weighted by atomic mass is 127. The van der Waals surface area contributed by atoms with Crippen LogP contribution in [0.1, 0.15) is 25.8 Å². The summed E-state index contributed by atoms with van der Waals surface area (Å²) in [6.45, 7) is 5.99. The minimum absolute atomic E-state index is 0. The second-order valence-corrected chi connectivity index (χ2v) is 6.82. The molecule has 2 rings (SSSR count). The number of benzene rings is 2. The zero-order valence-corrected chi connectivity index (χ0v) is 22.6. The van der Waals surface area contributed by atoms with Crippen molar-refractivity contribution in [2.45, 2.75) is 26.7 Å². The zero-order chi connectivity index (χ0) is 23.3. The van der Waals surface area contributed by atoms with Gasteiger partial charge in [-0.15, -0.1) is 24.0 Å². The van der Waals surface area contributed by atoms with E-state index in [4.69, 9.17) is 28.7 Å². The number of guanidine groups is 1. The summed E-state index contributed by atoms with van der Waals surface area (Å²) in [5.41, 5.74) is 1.97. The molecule has 0 aliphatic heterocycles. The van der Waals surface area contributed by atoms with Gasteiger partial charge in [0.05, 0.1) is 35.0 Å². The first-order valence-corrected chi connectivity index (χ1v) is 10.7. The molecule has 33 heavy (non-hydrogen) atoms. The van der Waals surface area contributed by atoms with Gasteiger partial charge in [-0.3, -0.25) is 4.99 Å². The Morgan fingerprint density at radius 1 is 0.848 bits per heavy atom. The Labute approximate surface area is 214 Å². The molecule has 0 atom stereocenters. The van der Waals surface area contributed by atoms with E-state index < -0.39 is 0 Å². The van der Waals surface area contributed by atoms with E-state index in [2.05, 4.69) is 16.7 Å². The second kappa shape index (κ2) is 15.3. The van der Waals surface area contributed by atoms with Crippen LogP contribution in [0, 0.1) is 0 Å². The molecule has 0 aliphatic carbocycles. The van der Waals surface area contributed by atoms with Crippen molar-refractivity contribution in [2.24, 2.45) is 4.99 Å². The van der Waals surface area contributed by atoms with Gasteiger partial charge in [-0.2, -0.15) is 0 Å². The Balaban J connectivity index is 0.00000544. The lowest BCUT2D eigenvalue weighted by molar-refractivity contribution is 0.310. The number of rotatable bonds is 12. The lowest BCUT2D eigenvalue weighted by Crippen LogP contribution is -2.30. The van der Waals surface area contributed by atoms with E-state index >= 15 is 0 Å². The number of ether oxygens (including phenoxy) is 5. The summed E-state index contributed by atoms with van der Waals surface area (Å²) < 4.78 is 27.3. The maximum Gasteiger partial charge on any atom is 0.203 e. The molecule has 2 aromatic rings. The molecule has 8 nitrogen and oxygen atoms in total. The van der Waals surface area contributed by atoms with Crippen LogP contribution in [0.4, 0.5) is 5.69 Å². The standard InChI is InChI=1S/C24H35N3O5.HI/c1-7-25-24(27-18-15-21(29-4)23(31-6)22(16-18)30-5)26-13-9-10-17-11-12-19(28-3)20(14-17)32-8-2;/h11-12,14-16H,7-10,13H2,1-6H3,(H2,25,26,27);1H. The molecular formula is C24H36IN3O5. The molecule has 0 amide bonds. The summed E-state index contributed by atoms with van der Waals surface area (Å²) in [5.74, 6) is 3.91.